The first-order chi connectivity index (χ1) is 8.56. The van der Waals surface area contributed by atoms with Crippen LogP contribution in [0.4, 0.5) is 0 Å². The van der Waals surface area contributed by atoms with E-state index in [-0.39, 0.29) is 6.10 Å². The highest BCUT2D eigenvalue weighted by Gasteiger charge is 2.27. The maximum Gasteiger partial charge on any atom is 0.123 e. The molecule has 0 aromatic carbocycles. The molecule has 1 aromatic heterocycles. The third kappa shape index (κ3) is 3.25. The number of hydrogen-bond donors (Lipinski definition) is 2. The molecule has 5 heteroatoms. The second-order valence-corrected chi connectivity index (χ2v) is 5.50. The van der Waals surface area contributed by atoms with Crippen molar-refractivity contribution in [1.29, 1.82) is 0 Å². The highest BCUT2D eigenvalue weighted by molar-refractivity contribution is 7.80. The Hall–Kier alpha value is -1.04. The van der Waals surface area contributed by atoms with Crippen molar-refractivity contribution >= 4 is 17.2 Å². The van der Waals surface area contributed by atoms with Crippen LogP contribution in [0.25, 0.3) is 0 Å². The topological polar surface area (TPSA) is 62.4 Å². The van der Waals surface area contributed by atoms with E-state index in [2.05, 4.69) is 16.9 Å². The van der Waals surface area contributed by atoms with Crippen LogP contribution in [-0.2, 0) is 6.54 Å². The molecule has 0 aliphatic heterocycles. The molecule has 0 spiro atoms. The van der Waals surface area contributed by atoms with Crippen molar-refractivity contribution < 1.29 is 5.11 Å². The first-order valence-electron chi connectivity index (χ1n) is 6.16. The van der Waals surface area contributed by atoms with Crippen LogP contribution < -0.4 is 5.73 Å². The largest absolute Gasteiger partial charge is 0.393 e. The summed E-state index contributed by atoms with van der Waals surface area (Å²) >= 11 is 5.00. The molecule has 0 amide bonds. The van der Waals surface area contributed by atoms with Crippen LogP contribution in [-0.4, -0.2) is 39.7 Å². The summed E-state index contributed by atoms with van der Waals surface area (Å²) in [6.07, 6.45) is 3.45. The highest BCUT2D eigenvalue weighted by Crippen LogP contribution is 2.27. The van der Waals surface area contributed by atoms with Crippen LogP contribution in [0.3, 0.4) is 0 Å². The van der Waals surface area contributed by atoms with E-state index in [0.717, 1.165) is 31.5 Å². The van der Waals surface area contributed by atoms with Crippen LogP contribution in [0.15, 0.2) is 18.3 Å². The number of nitrogens with zero attached hydrogens (tertiary/aromatic N) is 2. The lowest BCUT2D eigenvalue weighted by Gasteiger charge is -2.34. The predicted octanol–water partition coefficient (Wildman–Crippen LogP) is 0.919. The molecule has 0 bridgehead atoms. The zero-order valence-corrected chi connectivity index (χ0v) is 11.4. The van der Waals surface area contributed by atoms with Gasteiger partial charge in [-0.1, -0.05) is 18.3 Å². The third-order valence-electron chi connectivity index (χ3n) is 3.35. The maximum atomic E-state index is 9.28. The summed E-state index contributed by atoms with van der Waals surface area (Å²) in [6, 6.07) is 3.91. The van der Waals surface area contributed by atoms with Gasteiger partial charge in [0.25, 0.3) is 0 Å². The lowest BCUT2D eigenvalue weighted by molar-refractivity contribution is 0.0273. The van der Waals surface area contributed by atoms with Gasteiger partial charge in [-0.3, -0.25) is 4.98 Å². The van der Waals surface area contributed by atoms with E-state index < -0.39 is 0 Å². The van der Waals surface area contributed by atoms with Crippen molar-refractivity contribution in [3.63, 3.8) is 0 Å². The summed E-state index contributed by atoms with van der Waals surface area (Å²) in [7, 11) is 2.07. The molecule has 1 aliphatic carbocycles. The van der Waals surface area contributed by atoms with Crippen molar-refractivity contribution in [2.75, 3.05) is 13.6 Å². The zero-order chi connectivity index (χ0) is 13.1. The Morgan fingerprint density at radius 3 is 2.94 bits per heavy atom. The molecule has 0 radical (unpaired) electrons. The Kier molecular flexibility index (Phi) is 4.27. The monoisotopic (exact) mass is 265 g/mol. The Morgan fingerprint density at radius 1 is 1.61 bits per heavy atom. The fourth-order valence-electron chi connectivity index (χ4n) is 2.43. The third-order valence-corrected chi connectivity index (χ3v) is 3.54. The summed E-state index contributed by atoms with van der Waals surface area (Å²) in [4.78, 5) is 6.80. The summed E-state index contributed by atoms with van der Waals surface area (Å²) in [5, 5.41) is 9.28. The Labute approximate surface area is 113 Å². The number of pyridine rings is 1. The average molecular weight is 265 g/mol. The number of nitrogens with two attached hydrogens (primary N) is 1. The normalized spacial score (nSPS) is 22.8. The van der Waals surface area contributed by atoms with E-state index in [9.17, 15) is 5.11 Å². The average Bonchev–Trinajstić information content (AvgIpc) is 2.27. The van der Waals surface area contributed by atoms with Crippen molar-refractivity contribution in [1.82, 2.24) is 9.88 Å². The molecule has 98 valence electrons. The second-order valence-electron chi connectivity index (χ2n) is 5.06. The van der Waals surface area contributed by atoms with E-state index in [1.807, 2.05) is 12.1 Å². The molecule has 0 unspecified atom stereocenters. The molecule has 1 saturated carbocycles. The smallest absolute Gasteiger partial charge is 0.123 e. The molecule has 2 rings (SSSR count). The molecule has 0 atom stereocenters. The second kappa shape index (κ2) is 5.73. The number of aromatic nitrogens is 1. The van der Waals surface area contributed by atoms with Gasteiger partial charge < -0.3 is 15.7 Å². The zero-order valence-electron chi connectivity index (χ0n) is 10.5. The molecular weight excluding hydrogens is 246 g/mol. The molecule has 1 aromatic rings. The Morgan fingerprint density at radius 2 is 2.33 bits per heavy atom. The minimum absolute atomic E-state index is 0.0889. The van der Waals surface area contributed by atoms with Crippen molar-refractivity contribution in [3.05, 3.63) is 29.6 Å². The molecular formula is C13H19N3OS. The Bertz CT molecular complexity index is 432. The van der Waals surface area contributed by atoms with Crippen molar-refractivity contribution in [2.24, 2.45) is 11.7 Å². The van der Waals surface area contributed by atoms with E-state index in [1.54, 1.807) is 6.20 Å². The number of rotatable bonds is 5. The van der Waals surface area contributed by atoms with Crippen LogP contribution in [0.2, 0.25) is 0 Å². The van der Waals surface area contributed by atoms with Gasteiger partial charge >= 0.3 is 0 Å². The van der Waals surface area contributed by atoms with Gasteiger partial charge in [0.2, 0.25) is 0 Å². The molecule has 1 fully saturated rings. The van der Waals surface area contributed by atoms with E-state index >= 15 is 0 Å². The maximum absolute atomic E-state index is 9.28. The molecule has 18 heavy (non-hydrogen) atoms. The van der Waals surface area contributed by atoms with E-state index in [0.29, 0.717) is 16.6 Å². The van der Waals surface area contributed by atoms with Crippen LogP contribution in [0, 0.1) is 5.92 Å². The molecule has 3 N–H and O–H groups in total. The SMILES string of the molecule is CN(Cc1cccnc1C(N)=S)CC1CC(O)C1. The first-order valence-corrected chi connectivity index (χ1v) is 6.57. The lowest BCUT2D eigenvalue weighted by Crippen LogP contribution is -2.37. The van der Waals surface area contributed by atoms with E-state index in [4.69, 9.17) is 18.0 Å². The molecule has 4 nitrogen and oxygen atoms in total. The number of hydrogen-bond acceptors (Lipinski definition) is 4. The lowest BCUT2D eigenvalue weighted by atomic mass is 9.82. The van der Waals surface area contributed by atoms with Gasteiger partial charge in [-0.05, 0) is 37.4 Å². The van der Waals surface area contributed by atoms with Crippen molar-refractivity contribution in [2.45, 2.75) is 25.5 Å². The minimum atomic E-state index is -0.0889. The number of aliphatic hydroxyl groups is 1. The standard InChI is InChI=1S/C13H19N3OS/c1-16(7-9-5-11(17)6-9)8-10-3-2-4-15-12(10)13(14)18/h2-4,9,11,17H,5-8H2,1H3,(H2,14,18). The molecule has 1 heterocycles. The van der Waals surface area contributed by atoms with Gasteiger partial charge in [-0.2, -0.15) is 0 Å². The summed E-state index contributed by atoms with van der Waals surface area (Å²) in [5.41, 5.74) is 7.44. The van der Waals surface area contributed by atoms with Gasteiger partial charge in [-0.15, -0.1) is 0 Å². The molecule has 1 aliphatic rings. The fraction of sp³-hybridized carbons (Fsp3) is 0.538. The molecule has 0 saturated heterocycles. The van der Waals surface area contributed by atoms with E-state index in [1.165, 1.54) is 0 Å². The van der Waals surface area contributed by atoms with Crippen LogP contribution in [0.1, 0.15) is 24.1 Å². The fourth-order valence-corrected chi connectivity index (χ4v) is 2.62. The van der Waals surface area contributed by atoms with Gasteiger partial charge in [0.05, 0.1) is 6.10 Å². The first kappa shape index (κ1) is 13.4. The number of aliphatic hydroxyl groups excluding tert-OH is 1. The quantitative estimate of drug-likeness (QED) is 0.775. The van der Waals surface area contributed by atoms with Crippen LogP contribution in [0.5, 0.6) is 0 Å². The Balaban J connectivity index is 1.94. The predicted molar refractivity (Wildman–Crippen MR) is 75.2 cm³/mol. The van der Waals surface area contributed by atoms with Gasteiger partial charge in [-0.25, -0.2) is 0 Å². The van der Waals surface area contributed by atoms with Gasteiger partial charge in [0.1, 0.15) is 10.7 Å². The highest BCUT2D eigenvalue weighted by atomic mass is 32.1. The number of thiocarbonyl (C=S) groups is 1. The van der Waals surface area contributed by atoms with Crippen molar-refractivity contribution in [3.8, 4) is 0 Å². The van der Waals surface area contributed by atoms with Gasteiger partial charge in [0.15, 0.2) is 0 Å². The van der Waals surface area contributed by atoms with Gasteiger partial charge in [0, 0.05) is 19.3 Å². The summed E-state index contributed by atoms with van der Waals surface area (Å²) in [5.74, 6) is 0.606. The summed E-state index contributed by atoms with van der Waals surface area (Å²) in [6.45, 7) is 1.77. The minimum Gasteiger partial charge on any atom is -0.393 e. The summed E-state index contributed by atoms with van der Waals surface area (Å²) < 4.78 is 0. The van der Waals surface area contributed by atoms with Crippen LogP contribution >= 0.6 is 12.2 Å².